The van der Waals surface area contributed by atoms with Gasteiger partial charge in [0, 0.05) is 34.1 Å². The maximum atomic E-state index is 2.54. The van der Waals surface area contributed by atoms with Crippen molar-refractivity contribution in [2.75, 3.05) is 9.80 Å². The molecule has 5 aromatic carbocycles. The minimum absolute atomic E-state index is 0.197. The van der Waals surface area contributed by atoms with Gasteiger partial charge in [-0.2, -0.15) is 0 Å². The van der Waals surface area contributed by atoms with Crippen molar-refractivity contribution in [2.24, 2.45) is 0 Å². The summed E-state index contributed by atoms with van der Waals surface area (Å²) in [6, 6.07) is 41.5. The van der Waals surface area contributed by atoms with E-state index in [1.165, 1.54) is 66.4 Å². The number of nitrogens with zero attached hydrogens (tertiary/aromatic N) is 2. The molecular formula is C35H35BN2Si2. The minimum atomic E-state index is -0.990. The topological polar surface area (TPSA) is 6.48 Å². The number of fused-ring (bicyclic) bond motifs is 4. The van der Waals surface area contributed by atoms with Gasteiger partial charge in [-0.15, -0.1) is 0 Å². The molecule has 2 nitrogen and oxygen atoms in total. The van der Waals surface area contributed by atoms with Crippen molar-refractivity contribution < 1.29 is 0 Å². The highest BCUT2D eigenvalue weighted by Crippen LogP contribution is 2.43. The highest BCUT2D eigenvalue weighted by Gasteiger charge is 2.43. The zero-order valence-corrected chi connectivity index (χ0v) is 26.3. The summed E-state index contributed by atoms with van der Waals surface area (Å²) < 4.78 is 0. The summed E-state index contributed by atoms with van der Waals surface area (Å²) in [6.45, 7) is 12.1. The highest BCUT2D eigenvalue weighted by atomic mass is 28.3. The second kappa shape index (κ2) is 9.68. The van der Waals surface area contributed by atoms with E-state index >= 15 is 0 Å². The van der Waals surface area contributed by atoms with Crippen molar-refractivity contribution in [2.45, 2.75) is 33.1 Å². The number of hydrogen-bond acceptors (Lipinski definition) is 2. The Kier molecular flexibility index (Phi) is 6.10. The fourth-order valence-electron chi connectivity index (χ4n) is 6.61. The Bertz CT molecular complexity index is 1730. The molecule has 0 saturated carbocycles. The molecule has 0 atom stereocenters. The Morgan fingerprint density at radius 3 is 1.70 bits per heavy atom. The van der Waals surface area contributed by atoms with Crippen LogP contribution in [-0.2, 0) is 0 Å². The van der Waals surface area contributed by atoms with E-state index < -0.39 is 17.6 Å². The van der Waals surface area contributed by atoms with E-state index in [0.717, 1.165) is 0 Å². The van der Waals surface area contributed by atoms with E-state index in [1.54, 1.807) is 0 Å². The third kappa shape index (κ3) is 3.91. The normalized spacial score (nSPS) is 13.4. The van der Waals surface area contributed by atoms with Crippen LogP contribution < -0.4 is 36.6 Å². The number of aryl methyl sites for hydroxylation is 1. The molecule has 40 heavy (non-hydrogen) atoms. The highest BCUT2D eigenvalue weighted by molar-refractivity contribution is 7.00. The fraction of sp³-hybridized carbons (Fsp3) is 0.143. The average molecular weight is 551 g/mol. The van der Waals surface area contributed by atoms with Gasteiger partial charge in [0.05, 0.1) is 17.6 Å². The minimum Gasteiger partial charge on any atom is -0.311 e. The molecule has 5 aromatic rings. The molecule has 196 valence electrons. The first-order valence-corrected chi connectivity index (χ1v) is 20.3. The van der Waals surface area contributed by atoms with Crippen LogP contribution in [0.15, 0.2) is 109 Å². The number of anilines is 6. The quantitative estimate of drug-likeness (QED) is 0.269. The van der Waals surface area contributed by atoms with Crippen molar-refractivity contribution in [3.8, 4) is 0 Å². The summed E-state index contributed by atoms with van der Waals surface area (Å²) in [7, 11) is -1.86. The van der Waals surface area contributed by atoms with Crippen LogP contribution in [0.3, 0.4) is 0 Å². The average Bonchev–Trinajstić information content (AvgIpc) is 2.97. The molecule has 0 N–H and O–H groups in total. The van der Waals surface area contributed by atoms with Gasteiger partial charge in [0.2, 0.25) is 0 Å². The van der Waals surface area contributed by atoms with E-state index in [2.05, 4.69) is 152 Å². The summed E-state index contributed by atoms with van der Waals surface area (Å²) in [6.07, 6.45) is 0. The molecule has 2 aliphatic rings. The summed E-state index contributed by atoms with van der Waals surface area (Å²) in [5.41, 5.74) is 13.1. The first-order chi connectivity index (χ1) is 19.4. The van der Waals surface area contributed by atoms with Gasteiger partial charge in [-0.1, -0.05) is 97.2 Å². The van der Waals surface area contributed by atoms with Crippen LogP contribution in [0.25, 0.3) is 0 Å². The lowest BCUT2D eigenvalue weighted by Gasteiger charge is -2.44. The largest absolute Gasteiger partial charge is 0.311 e. The Balaban J connectivity index is 1.56. The molecule has 0 fully saturated rings. The lowest BCUT2D eigenvalue weighted by molar-refractivity contribution is 1.24. The number of hydrogen-bond donors (Lipinski definition) is 0. The van der Waals surface area contributed by atoms with Crippen molar-refractivity contribution >= 4 is 85.2 Å². The Morgan fingerprint density at radius 1 is 0.500 bits per heavy atom. The van der Waals surface area contributed by atoms with Crippen LogP contribution in [0.5, 0.6) is 0 Å². The van der Waals surface area contributed by atoms with Crippen LogP contribution in [0, 0.1) is 6.92 Å². The van der Waals surface area contributed by atoms with Gasteiger partial charge in [0.15, 0.2) is 0 Å². The number of para-hydroxylation sites is 2. The monoisotopic (exact) mass is 550 g/mol. The second-order valence-electron chi connectivity index (χ2n) is 11.9. The number of benzene rings is 5. The van der Waals surface area contributed by atoms with Gasteiger partial charge >= 0.3 is 0 Å². The van der Waals surface area contributed by atoms with E-state index in [9.17, 15) is 0 Å². The molecule has 5 heteroatoms. The van der Waals surface area contributed by atoms with Crippen LogP contribution in [-0.4, -0.2) is 24.3 Å². The third-order valence-corrected chi connectivity index (χ3v) is 12.1. The lowest BCUT2D eigenvalue weighted by atomic mass is 9.33. The Hall–Kier alpha value is -3.80. The molecule has 0 saturated heterocycles. The SMILES string of the molecule is Cc1cc2c3c(c1)N(c1ccc([SiH](C)C)cc1)c1ccc([SiH](C)C)cc1B3c1ccccc1N2c1ccccc1. The van der Waals surface area contributed by atoms with E-state index in [0.29, 0.717) is 0 Å². The Morgan fingerprint density at radius 2 is 1.05 bits per heavy atom. The molecule has 0 spiro atoms. The van der Waals surface area contributed by atoms with Crippen LogP contribution >= 0.6 is 0 Å². The first kappa shape index (κ1) is 25.2. The van der Waals surface area contributed by atoms with Crippen LogP contribution in [0.4, 0.5) is 34.1 Å². The van der Waals surface area contributed by atoms with Crippen molar-refractivity contribution in [3.63, 3.8) is 0 Å². The van der Waals surface area contributed by atoms with Crippen LogP contribution in [0.1, 0.15) is 5.56 Å². The maximum Gasteiger partial charge on any atom is 0.252 e. The predicted octanol–water partition coefficient (Wildman–Crippen LogP) is 5.47. The number of rotatable bonds is 4. The molecule has 0 amide bonds. The second-order valence-corrected chi connectivity index (χ2v) is 17.9. The molecule has 0 radical (unpaired) electrons. The molecule has 0 aromatic heterocycles. The first-order valence-electron chi connectivity index (χ1n) is 14.5. The molecular weight excluding hydrogens is 515 g/mol. The van der Waals surface area contributed by atoms with Gasteiger partial charge in [-0.25, -0.2) is 0 Å². The maximum absolute atomic E-state index is 2.54. The van der Waals surface area contributed by atoms with E-state index in [-0.39, 0.29) is 6.71 Å². The van der Waals surface area contributed by atoms with Gasteiger partial charge < -0.3 is 9.80 Å². The molecule has 0 aliphatic carbocycles. The van der Waals surface area contributed by atoms with Crippen molar-refractivity contribution in [1.29, 1.82) is 0 Å². The smallest absolute Gasteiger partial charge is 0.252 e. The van der Waals surface area contributed by atoms with Gasteiger partial charge in [0.1, 0.15) is 0 Å². The summed E-state index contributed by atoms with van der Waals surface area (Å²) in [4.78, 5) is 5.02. The fourth-order valence-corrected chi connectivity index (χ4v) is 8.56. The molecule has 7 rings (SSSR count). The van der Waals surface area contributed by atoms with Gasteiger partial charge in [0.25, 0.3) is 6.71 Å². The summed E-state index contributed by atoms with van der Waals surface area (Å²) in [5.74, 6) is 0. The molecule has 2 aliphatic heterocycles. The van der Waals surface area contributed by atoms with Gasteiger partial charge in [-0.05, 0) is 77.4 Å². The zero-order valence-electron chi connectivity index (χ0n) is 24.0. The van der Waals surface area contributed by atoms with Crippen LogP contribution in [0.2, 0.25) is 26.2 Å². The molecule has 0 bridgehead atoms. The van der Waals surface area contributed by atoms with Gasteiger partial charge in [-0.3, -0.25) is 0 Å². The standard InChI is InChI=1S/C35H35BN2Si2/c1-24-21-33-35-34(22-24)38(26-15-17-27(18-16-26)39(2)3)32-20-19-28(40(4)5)23-30(32)36(35)29-13-9-10-14-31(29)37(33)25-11-7-6-8-12-25/h6-23,39-40H,1-5H3. The predicted molar refractivity (Wildman–Crippen MR) is 182 cm³/mol. The third-order valence-electron chi connectivity index (χ3n) is 8.64. The van der Waals surface area contributed by atoms with Crippen molar-refractivity contribution in [3.05, 3.63) is 115 Å². The van der Waals surface area contributed by atoms with E-state index in [1.807, 2.05) is 0 Å². The molecule has 2 heterocycles. The molecule has 0 unspecified atom stereocenters. The Labute approximate surface area is 242 Å². The summed E-state index contributed by atoms with van der Waals surface area (Å²) in [5, 5.41) is 3.04. The summed E-state index contributed by atoms with van der Waals surface area (Å²) >= 11 is 0. The lowest BCUT2D eigenvalue weighted by Crippen LogP contribution is -2.62. The van der Waals surface area contributed by atoms with Crippen molar-refractivity contribution in [1.82, 2.24) is 0 Å². The zero-order chi connectivity index (χ0) is 27.5. The van der Waals surface area contributed by atoms with E-state index in [4.69, 9.17) is 0 Å².